The Balaban J connectivity index is 2.51. The molecule has 3 nitrogen and oxygen atoms in total. The second kappa shape index (κ2) is 4.55. The summed E-state index contributed by atoms with van der Waals surface area (Å²) in [7, 11) is -0.983. The average Bonchev–Trinajstić information content (AvgIpc) is 2.16. The largest absolute Gasteiger partial charge is 0.458 e. The summed E-state index contributed by atoms with van der Waals surface area (Å²) in [5.41, 5.74) is 0. The highest BCUT2D eigenvalue weighted by atomic mass is 16.7. The molecule has 6 heteroatoms. The minimum absolute atomic E-state index is 0.218. The van der Waals surface area contributed by atoms with Crippen LogP contribution in [0.25, 0.3) is 0 Å². The zero-order valence-corrected chi connectivity index (χ0v) is 7.23. The lowest BCUT2D eigenvalue weighted by atomic mass is 9.69. The average molecular weight is 164 g/mol. The van der Waals surface area contributed by atoms with Gasteiger partial charge >= 0.3 is 21.4 Å². The van der Waals surface area contributed by atoms with Crippen LogP contribution in [-0.4, -0.2) is 21.4 Å². The molecule has 0 atom stereocenters. The molecular formula is C6H11B3O3. The molecule has 0 radical (unpaired) electrons. The summed E-state index contributed by atoms with van der Waals surface area (Å²) in [6, 6.07) is 0. The minimum Gasteiger partial charge on any atom is -0.449 e. The van der Waals surface area contributed by atoms with Crippen molar-refractivity contribution >= 4 is 21.4 Å². The van der Waals surface area contributed by atoms with E-state index in [2.05, 4.69) is 13.2 Å². The van der Waals surface area contributed by atoms with E-state index >= 15 is 0 Å². The first-order valence-electron chi connectivity index (χ1n) is 4.01. The summed E-state index contributed by atoms with van der Waals surface area (Å²) >= 11 is 0. The second-order valence-electron chi connectivity index (χ2n) is 2.45. The normalized spacial score (nSPS) is 17.9. The summed E-state index contributed by atoms with van der Waals surface area (Å²) in [5, 5.41) is 0. The van der Waals surface area contributed by atoms with E-state index in [1.807, 2.05) is 6.92 Å². The van der Waals surface area contributed by atoms with Crippen LogP contribution in [0.4, 0.5) is 0 Å². The molecule has 0 aromatic rings. The van der Waals surface area contributed by atoms with Gasteiger partial charge in [0.25, 0.3) is 0 Å². The number of hydrogen-bond acceptors (Lipinski definition) is 3. The Labute approximate surface area is 74.2 Å². The van der Waals surface area contributed by atoms with Gasteiger partial charge in [0.05, 0.1) is 0 Å². The Hall–Kier alpha value is -0.445. The Morgan fingerprint density at radius 2 is 1.58 bits per heavy atom. The van der Waals surface area contributed by atoms with E-state index in [0.29, 0.717) is 0 Å². The molecule has 1 fully saturated rings. The quantitative estimate of drug-likeness (QED) is 0.581. The molecule has 12 heavy (non-hydrogen) atoms. The Morgan fingerprint density at radius 1 is 1.08 bits per heavy atom. The highest BCUT2D eigenvalue weighted by Gasteiger charge is 2.36. The number of hydrogen-bond donors (Lipinski definition) is 0. The van der Waals surface area contributed by atoms with Crippen molar-refractivity contribution in [1.29, 1.82) is 0 Å². The first kappa shape index (κ1) is 9.64. The third kappa shape index (κ3) is 2.27. The van der Waals surface area contributed by atoms with Gasteiger partial charge < -0.3 is 13.7 Å². The molecule has 0 unspecified atom stereocenters. The lowest BCUT2D eigenvalue weighted by Gasteiger charge is -2.27. The van der Waals surface area contributed by atoms with Crippen molar-refractivity contribution in [3.63, 3.8) is 0 Å². The van der Waals surface area contributed by atoms with Gasteiger partial charge in [-0.05, 0) is 6.32 Å². The summed E-state index contributed by atoms with van der Waals surface area (Å²) in [5.74, 6) is 3.20. The summed E-state index contributed by atoms with van der Waals surface area (Å²) < 4.78 is 15.8. The summed E-state index contributed by atoms with van der Waals surface area (Å²) in [6.07, 6.45) is 0.790. The molecule has 1 saturated heterocycles. The summed E-state index contributed by atoms with van der Waals surface area (Å²) in [6.45, 7) is 9.15. The van der Waals surface area contributed by atoms with E-state index in [-0.39, 0.29) is 21.4 Å². The molecule has 1 aliphatic rings. The van der Waals surface area contributed by atoms with Crippen LogP contribution in [0.15, 0.2) is 25.1 Å². The zero-order valence-electron chi connectivity index (χ0n) is 7.23. The van der Waals surface area contributed by atoms with E-state index in [1.165, 1.54) is 0 Å². The monoisotopic (exact) mass is 164 g/mol. The van der Waals surface area contributed by atoms with Crippen molar-refractivity contribution in [1.82, 2.24) is 0 Å². The van der Waals surface area contributed by atoms with Crippen LogP contribution in [0, 0.1) is 0 Å². The van der Waals surface area contributed by atoms with Crippen molar-refractivity contribution in [3.8, 4) is 0 Å². The third-order valence-corrected chi connectivity index (χ3v) is 1.56. The minimum atomic E-state index is -0.383. The van der Waals surface area contributed by atoms with Gasteiger partial charge in [-0.3, -0.25) is 0 Å². The molecule has 1 heterocycles. The second-order valence-corrected chi connectivity index (χ2v) is 2.45. The van der Waals surface area contributed by atoms with Crippen LogP contribution in [-0.2, 0) is 13.7 Å². The molecule has 0 spiro atoms. The number of rotatable bonds is 3. The van der Waals surface area contributed by atoms with Crippen LogP contribution in [0.3, 0.4) is 0 Å². The first-order valence-corrected chi connectivity index (χ1v) is 4.01. The highest BCUT2D eigenvalue weighted by molar-refractivity contribution is 6.77. The first-order chi connectivity index (χ1) is 5.80. The van der Waals surface area contributed by atoms with E-state index in [4.69, 9.17) is 13.7 Å². The molecular weight excluding hydrogens is 152 g/mol. The molecule has 1 aliphatic heterocycles. The lowest BCUT2D eigenvalue weighted by molar-refractivity contribution is 0.297. The highest BCUT2D eigenvalue weighted by Crippen LogP contribution is 2.11. The van der Waals surface area contributed by atoms with Gasteiger partial charge in [0.1, 0.15) is 0 Å². The van der Waals surface area contributed by atoms with Crippen LogP contribution >= 0.6 is 0 Å². The van der Waals surface area contributed by atoms with Gasteiger partial charge in [-0.1, -0.05) is 18.9 Å². The van der Waals surface area contributed by atoms with E-state index in [1.54, 1.807) is 12.0 Å². The molecule has 0 bridgehead atoms. The maximum Gasteiger partial charge on any atom is 0.458 e. The molecule has 1 rings (SSSR count). The van der Waals surface area contributed by atoms with E-state index in [9.17, 15) is 0 Å². The fourth-order valence-corrected chi connectivity index (χ4v) is 0.942. The molecule has 62 valence electrons. The molecule has 0 amide bonds. The van der Waals surface area contributed by atoms with Crippen LogP contribution in [0.2, 0.25) is 6.32 Å². The Morgan fingerprint density at radius 3 is 1.92 bits per heavy atom. The van der Waals surface area contributed by atoms with Crippen molar-refractivity contribution in [2.24, 2.45) is 0 Å². The van der Waals surface area contributed by atoms with Crippen molar-refractivity contribution < 1.29 is 13.7 Å². The van der Waals surface area contributed by atoms with Gasteiger partial charge in [0.15, 0.2) is 0 Å². The van der Waals surface area contributed by atoms with Crippen LogP contribution in [0.1, 0.15) is 6.92 Å². The standard InChI is InChI=1S/C6H11B3O3/c1-4-7-10-8(5-2)12-9(6-3)11-7/h4-5H,1-2,6H2,3H3. The van der Waals surface area contributed by atoms with Gasteiger partial charge in [0.2, 0.25) is 0 Å². The topological polar surface area (TPSA) is 27.7 Å². The lowest BCUT2D eigenvalue weighted by Crippen LogP contribution is -2.47. The molecule has 0 saturated carbocycles. The SMILES string of the molecule is C=CB1OB(C=C)OB(CC)O1. The van der Waals surface area contributed by atoms with Crippen LogP contribution < -0.4 is 0 Å². The van der Waals surface area contributed by atoms with Gasteiger partial charge in [-0.25, -0.2) is 0 Å². The van der Waals surface area contributed by atoms with Gasteiger partial charge in [0, 0.05) is 0 Å². The fraction of sp³-hybridized carbons (Fsp3) is 0.333. The van der Waals surface area contributed by atoms with Crippen molar-refractivity contribution in [2.45, 2.75) is 13.2 Å². The van der Waals surface area contributed by atoms with Crippen molar-refractivity contribution in [3.05, 3.63) is 25.1 Å². The Bertz CT molecular complexity index is 159. The molecule has 0 aromatic heterocycles. The van der Waals surface area contributed by atoms with E-state index in [0.717, 1.165) is 6.32 Å². The van der Waals surface area contributed by atoms with Gasteiger partial charge in [-0.2, -0.15) is 0 Å². The third-order valence-electron chi connectivity index (χ3n) is 1.56. The van der Waals surface area contributed by atoms with Crippen molar-refractivity contribution in [2.75, 3.05) is 0 Å². The fourth-order valence-electron chi connectivity index (χ4n) is 0.942. The summed E-state index contributed by atoms with van der Waals surface area (Å²) in [4.78, 5) is 0. The molecule has 0 N–H and O–H groups in total. The zero-order chi connectivity index (χ0) is 8.97. The molecule has 0 aliphatic carbocycles. The van der Waals surface area contributed by atoms with Gasteiger partial charge in [-0.15, -0.1) is 13.2 Å². The predicted molar refractivity (Wildman–Crippen MR) is 51.4 cm³/mol. The maximum atomic E-state index is 5.31. The van der Waals surface area contributed by atoms with E-state index < -0.39 is 0 Å². The van der Waals surface area contributed by atoms with Crippen LogP contribution in [0.5, 0.6) is 0 Å². The Kier molecular flexibility index (Phi) is 3.65. The smallest absolute Gasteiger partial charge is 0.449 e. The predicted octanol–water partition coefficient (Wildman–Crippen LogP) is 0.985. The maximum absolute atomic E-state index is 5.31. The molecule has 0 aromatic carbocycles.